The van der Waals surface area contributed by atoms with Crippen molar-refractivity contribution in [1.29, 1.82) is 0 Å². The number of carbonyl (C=O) groups is 1. The van der Waals surface area contributed by atoms with Crippen LogP contribution in [0.25, 0.3) is 16.6 Å². The molecule has 0 aliphatic heterocycles. The van der Waals surface area contributed by atoms with Gasteiger partial charge in [0.1, 0.15) is 5.82 Å². The van der Waals surface area contributed by atoms with Crippen LogP contribution in [-0.2, 0) is 0 Å². The molecular formula is C17H14ClN3O3. The Morgan fingerprint density at radius 1 is 1.21 bits per heavy atom. The molecule has 6 nitrogen and oxygen atoms in total. The number of nitrogens with zero attached hydrogens (tertiary/aromatic N) is 2. The zero-order valence-corrected chi connectivity index (χ0v) is 13.5. The predicted molar refractivity (Wildman–Crippen MR) is 91.9 cm³/mol. The summed E-state index contributed by atoms with van der Waals surface area (Å²) in [5.74, 6) is 0.295. The Hall–Kier alpha value is -2.86. The molecule has 0 bridgehead atoms. The van der Waals surface area contributed by atoms with Crippen molar-refractivity contribution in [2.24, 2.45) is 0 Å². The molecule has 7 heteroatoms. The number of halogens is 1. The van der Waals surface area contributed by atoms with Gasteiger partial charge in [-0.3, -0.25) is 9.36 Å². The van der Waals surface area contributed by atoms with Gasteiger partial charge in [-0.1, -0.05) is 35.9 Å². The molecule has 3 aromatic rings. The highest BCUT2D eigenvalue weighted by molar-refractivity contribution is 6.35. The van der Waals surface area contributed by atoms with Gasteiger partial charge in [0.15, 0.2) is 0 Å². The van der Waals surface area contributed by atoms with Crippen LogP contribution >= 0.6 is 11.6 Å². The van der Waals surface area contributed by atoms with Crippen molar-refractivity contribution >= 4 is 28.6 Å². The first kappa shape index (κ1) is 16.0. The summed E-state index contributed by atoms with van der Waals surface area (Å²) >= 11 is 6.17. The third kappa shape index (κ3) is 2.83. The molecule has 1 atom stereocenters. The Morgan fingerprint density at radius 3 is 2.58 bits per heavy atom. The Labute approximate surface area is 142 Å². The fourth-order valence-electron chi connectivity index (χ4n) is 2.57. The number of benzene rings is 2. The minimum Gasteiger partial charge on any atom is -0.465 e. The van der Waals surface area contributed by atoms with Crippen molar-refractivity contribution in [3.05, 3.63) is 69.7 Å². The quantitative estimate of drug-likeness (QED) is 0.763. The molecule has 0 aliphatic carbocycles. The summed E-state index contributed by atoms with van der Waals surface area (Å²) in [5, 5.41) is 11.9. The van der Waals surface area contributed by atoms with E-state index >= 15 is 0 Å². The first-order valence-corrected chi connectivity index (χ1v) is 7.63. The fraction of sp³-hybridized carbons (Fsp3) is 0.118. The van der Waals surface area contributed by atoms with Crippen LogP contribution in [0.2, 0.25) is 5.02 Å². The third-order valence-electron chi connectivity index (χ3n) is 3.61. The summed E-state index contributed by atoms with van der Waals surface area (Å²) < 4.78 is 1.38. The van der Waals surface area contributed by atoms with E-state index in [4.69, 9.17) is 16.7 Å². The lowest BCUT2D eigenvalue weighted by Gasteiger charge is -2.18. The molecule has 1 heterocycles. The number of rotatable bonds is 3. The maximum absolute atomic E-state index is 13.0. The number of para-hydroxylation sites is 1. The molecular weight excluding hydrogens is 330 g/mol. The molecule has 2 N–H and O–H groups in total. The van der Waals surface area contributed by atoms with Crippen LogP contribution < -0.4 is 10.9 Å². The first-order chi connectivity index (χ1) is 11.5. The highest BCUT2D eigenvalue weighted by Crippen LogP contribution is 2.22. The van der Waals surface area contributed by atoms with E-state index in [0.717, 1.165) is 0 Å². The van der Waals surface area contributed by atoms with E-state index in [-0.39, 0.29) is 5.56 Å². The van der Waals surface area contributed by atoms with Crippen LogP contribution in [0.5, 0.6) is 0 Å². The summed E-state index contributed by atoms with van der Waals surface area (Å²) in [6, 6.07) is 13.2. The van der Waals surface area contributed by atoms with E-state index in [1.807, 2.05) is 6.07 Å². The van der Waals surface area contributed by atoms with E-state index in [2.05, 4.69) is 10.3 Å². The second-order valence-electron chi connectivity index (χ2n) is 5.25. The lowest BCUT2D eigenvalue weighted by Crippen LogP contribution is -2.32. The smallest absolute Gasteiger partial charge is 0.405 e. The van der Waals surface area contributed by atoms with E-state index in [1.54, 1.807) is 49.4 Å². The predicted octanol–water partition coefficient (Wildman–Crippen LogP) is 3.37. The van der Waals surface area contributed by atoms with Crippen LogP contribution in [0.4, 0.5) is 4.79 Å². The van der Waals surface area contributed by atoms with Gasteiger partial charge in [0.05, 0.1) is 27.7 Å². The molecule has 24 heavy (non-hydrogen) atoms. The van der Waals surface area contributed by atoms with Gasteiger partial charge in [0.2, 0.25) is 0 Å². The Bertz CT molecular complexity index is 970. The molecule has 3 rings (SSSR count). The summed E-state index contributed by atoms with van der Waals surface area (Å²) in [6.07, 6.45) is -1.19. The maximum Gasteiger partial charge on any atom is 0.405 e. The highest BCUT2D eigenvalue weighted by atomic mass is 35.5. The highest BCUT2D eigenvalue weighted by Gasteiger charge is 2.20. The molecule has 0 spiro atoms. The Kier molecular flexibility index (Phi) is 4.22. The van der Waals surface area contributed by atoms with Crippen molar-refractivity contribution in [2.45, 2.75) is 13.0 Å². The average Bonchev–Trinajstić information content (AvgIpc) is 2.54. The number of amides is 1. The van der Waals surface area contributed by atoms with Gasteiger partial charge in [-0.25, -0.2) is 9.78 Å². The Morgan fingerprint density at radius 2 is 1.92 bits per heavy atom. The van der Waals surface area contributed by atoms with E-state index < -0.39 is 12.1 Å². The van der Waals surface area contributed by atoms with Crippen molar-refractivity contribution < 1.29 is 9.90 Å². The molecule has 1 unspecified atom stereocenters. The fourth-order valence-corrected chi connectivity index (χ4v) is 2.82. The number of hydrogen-bond acceptors (Lipinski definition) is 3. The molecule has 122 valence electrons. The van der Waals surface area contributed by atoms with Gasteiger partial charge in [0, 0.05) is 0 Å². The summed E-state index contributed by atoms with van der Waals surface area (Å²) in [5.41, 5.74) is 0.672. The van der Waals surface area contributed by atoms with Crippen molar-refractivity contribution in [3.63, 3.8) is 0 Å². The standard InChI is InChI=1S/C17H14ClN3O3/c1-10(19-17(23)24)15-20-13-9-5-8-12(18)14(13)16(22)21(15)11-6-3-2-4-7-11/h2-10,19H,1H3,(H,23,24). The lowest BCUT2D eigenvalue weighted by molar-refractivity contribution is 0.190. The van der Waals surface area contributed by atoms with Gasteiger partial charge in [-0.2, -0.15) is 0 Å². The summed E-state index contributed by atoms with van der Waals surface area (Å²) in [6.45, 7) is 1.63. The van der Waals surface area contributed by atoms with Crippen molar-refractivity contribution in [2.75, 3.05) is 0 Å². The zero-order valence-electron chi connectivity index (χ0n) is 12.7. The lowest BCUT2D eigenvalue weighted by atomic mass is 10.2. The van der Waals surface area contributed by atoms with E-state index in [0.29, 0.717) is 27.4 Å². The molecule has 1 amide bonds. The molecule has 1 aromatic heterocycles. The monoisotopic (exact) mass is 343 g/mol. The normalized spacial score (nSPS) is 12.1. The average molecular weight is 344 g/mol. The number of aromatic nitrogens is 2. The molecule has 0 fully saturated rings. The number of carboxylic acid groups (broad SMARTS) is 1. The van der Waals surface area contributed by atoms with Crippen molar-refractivity contribution in [3.8, 4) is 5.69 Å². The topological polar surface area (TPSA) is 84.2 Å². The van der Waals surface area contributed by atoms with Crippen molar-refractivity contribution in [1.82, 2.24) is 14.9 Å². The van der Waals surface area contributed by atoms with E-state index in [1.165, 1.54) is 4.57 Å². The zero-order chi connectivity index (χ0) is 17.3. The summed E-state index contributed by atoms with van der Waals surface area (Å²) in [7, 11) is 0. The van der Waals surface area contributed by atoms with E-state index in [9.17, 15) is 9.59 Å². The summed E-state index contributed by atoms with van der Waals surface area (Å²) in [4.78, 5) is 28.5. The van der Waals surface area contributed by atoms with Gasteiger partial charge in [-0.15, -0.1) is 0 Å². The van der Waals surface area contributed by atoms with Crippen LogP contribution in [-0.4, -0.2) is 20.8 Å². The second kappa shape index (κ2) is 6.33. The first-order valence-electron chi connectivity index (χ1n) is 7.25. The second-order valence-corrected chi connectivity index (χ2v) is 5.66. The Balaban J connectivity index is 2.37. The van der Waals surface area contributed by atoms with Gasteiger partial charge in [-0.05, 0) is 31.2 Å². The van der Waals surface area contributed by atoms with Crippen LogP contribution in [0, 0.1) is 0 Å². The molecule has 0 saturated heterocycles. The number of hydrogen-bond donors (Lipinski definition) is 2. The number of nitrogens with one attached hydrogen (secondary N) is 1. The molecule has 2 aromatic carbocycles. The van der Waals surface area contributed by atoms with Gasteiger partial charge < -0.3 is 10.4 Å². The number of fused-ring (bicyclic) bond motifs is 1. The minimum absolute atomic E-state index is 0.295. The molecule has 0 radical (unpaired) electrons. The van der Waals surface area contributed by atoms with Crippen LogP contribution in [0.15, 0.2) is 53.3 Å². The van der Waals surface area contributed by atoms with Crippen LogP contribution in [0.3, 0.4) is 0 Å². The van der Waals surface area contributed by atoms with Crippen LogP contribution in [0.1, 0.15) is 18.8 Å². The minimum atomic E-state index is -1.19. The molecule has 0 saturated carbocycles. The molecule has 0 aliphatic rings. The SMILES string of the molecule is CC(NC(=O)O)c1nc2cccc(Cl)c2c(=O)n1-c1ccccc1. The van der Waals surface area contributed by atoms with Gasteiger partial charge >= 0.3 is 6.09 Å². The van der Waals surface area contributed by atoms with Gasteiger partial charge in [0.25, 0.3) is 5.56 Å². The third-order valence-corrected chi connectivity index (χ3v) is 3.93. The largest absolute Gasteiger partial charge is 0.465 e. The maximum atomic E-state index is 13.0.